The first kappa shape index (κ1) is 21.8. The first-order valence-corrected chi connectivity index (χ1v) is 8.76. The molecule has 0 aromatic rings. The molecule has 5 nitrogen and oxygen atoms in total. The molecule has 0 radical (unpaired) electrons. The van der Waals surface area contributed by atoms with Gasteiger partial charge in [0.1, 0.15) is 0 Å². The molecule has 0 aromatic heterocycles. The quantitative estimate of drug-likeness (QED) is 0.680. The summed E-state index contributed by atoms with van der Waals surface area (Å²) >= 11 is 0. The highest BCUT2D eigenvalue weighted by Gasteiger charge is 2.22. The van der Waals surface area contributed by atoms with Crippen LogP contribution in [0, 0.1) is 0 Å². The minimum absolute atomic E-state index is 0.140. The number of rotatable bonds is 9. The Balaban J connectivity index is 0.00000211. The number of nitrogens with two attached hydrogens (primary N) is 1. The molecule has 1 saturated heterocycles. The summed E-state index contributed by atoms with van der Waals surface area (Å²) in [7, 11) is 0. The molecular weight excluding hydrogens is 278 g/mol. The summed E-state index contributed by atoms with van der Waals surface area (Å²) in [5, 5.41) is 3.36. The molecule has 134 valence electrons. The molecule has 0 amide bonds. The highest BCUT2D eigenvalue weighted by Crippen LogP contribution is 2.17. The van der Waals surface area contributed by atoms with E-state index in [1.807, 2.05) is 27.7 Å². The van der Waals surface area contributed by atoms with Gasteiger partial charge in [-0.2, -0.15) is 0 Å². The summed E-state index contributed by atoms with van der Waals surface area (Å²) in [6, 6.07) is 0. The van der Waals surface area contributed by atoms with Gasteiger partial charge in [0.25, 0.3) is 0 Å². The second-order valence-electron chi connectivity index (χ2n) is 6.76. The fourth-order valence-electron chi connectivity index (χ4n) is 2.09. The zero-order chi connectivity index (χ0) is 17.1. The Bertz CT molecular complexity index is 265. The molecular formula is C17H39N3O2. The second-order valence-corrected chi connectivity index (χ2v) is 6.76. The van der Waals surface area contributed by atoms with Gasteiger partial charge >= 0.3 is 0 Å². The molecule has 0 aliphatic carbocycles. The van der Waals surface area contributed by atoms with Crippen LogP contribution in [-0.4, -0.2) is 68.6 Å². The number of hydrogen-bond acceptors (Lipinski definition) is 5. The zero-order valence-corrected chi connectivity index (χ0v) is 15.7. The normalized spacial score (nSPS) is 17.0. The Morgan fingerprint density at radius 3 is 2.05 bits per heavy atom. The molecule has 3 N–H and O–H groups in total. The Morgan fingerprint density at radius 1 is 0.955 bits per heavy atom. The molecule has 0 atom stereocenters. The lowest BCUT2D eigenvalue weighted by molar-refractivity contribution is -0.0726. The fourth-order valence-corrected chi connectivity index (χ4v) is 2.09. The van der Waals surface area contributed by atoms with E-state index >= 15 is 0 Å². The maximum absolute atomic E-state index is 6.01. The van der Waals surface area contributed by atoms with Crippen LogP contribution in [0.25, 0.3) is 0 Å². The predicted octanol–water partition coefficient (Wildman–Crippen LogP) is 1.86. The van der Waals surface area contributed by atoms with E-state index in [-0.39, 0.29) is 11.2 Å². The molecule has 0 bridgehead atoms. The van der Waals surface area contributed by atoms with E-state index < -0.39 is 0 Å². The molecule has 1 heterocycles. The predicted molar refractivity (Wildman–Crippen MR) is 94.4 cm³/mol. The van der Waals surface area contributed by atoms with Crippen molar-refractivity contribution in [2.24, 2.45) is 5.73 Å². The lowest BCUT2D eigenvalue weighted by Gasteiger charge is -2.31. The van der Waals surface area contributed by atoms with E-state index in [0.717, 1.165) is 45.8 Å². The third-order valence-corrected chi connectivity index (χ3v) is 3.80. The van der Waals surface area contributed by atoms with Crippen molar-refractivity contribution in [3.8, 4) is 0 Å². The minimum atomic E-state index is -0.239. The number of ether oxygens (including phenoxy) is 2. The summed E-state index contributed by atoms with van der Waals surface area (Å²) < 4.78 is 11.8. The van der Waals surface area contributed by atoms with Gasteiger partial charge in [0.2, 0.25) is 0 Å². The third-order valence-electron chi connectivity index (χ3n) is 3.80. The summed E-state index contributed by atoms with van der Waals surface area (Å²) in [6.45, 7) is 19.7. The van der Waals surface area contributed by atoms with Crippen molar-refractivity contribution < 1.29 is 9.47 Å². The summed E-state index contributed by atoms with van der Waals surface area (Å²) in [4.78, 5) is 2.45. The van der Waals surface area contributed by atoms with Crippen molar-refractivity contribution in [1.82, 2.24) is 10.2 Å². The first-order chi connectivity index (χ1) is 10.3. The van der Waals surface area contributed by atoms with Gasteiger partial charge in [0, 0.05) is 39.3 Å². The van der Waals surface area contributed by atoms with Crippen molar-refractivity contribution in [2.75, 3.05) is 52.5 Å². The number of hydrogen-bond donors (Lipinski definition) is 2. The van der Waals surface area contributed by atoms with Gasteiger partial charge in [-0.15, -0.1) is 0 Å². The lowest BCUT2D eigenvalue weighted by atomic mass is 10.1. The summed E-state index contributed by atoms with van der Waals surface area (Å²) in [5.74, 6) is 0. The maximum atomic E-state index is 6.01. The maximum Gasteiger partial charge on any atom is 0.0748 e. The molecule has 22 heavy (non-hydrogen) atoms. The van der Waals surface area contributed by atoms with Gasteiger partial charge in [-0.3, -0.25) is 4.90 Å². The molecule has 1 fully saturated rings. The topological polar surface area (TPSA) is 59.8 Å². The van der Waals surface area contributed by atoms with E-state index in [2.05, 4.69) is 24.1 Å². The Morgan fingerprint density at radius 2 is 1.50 bits per heavy atom. The van der Waals surface area contributed by atoms with Crippen LogP contribution in [0.4, 0.5) is 0 Å². The average molecular weight is 318 g/mol. The van der Waals surface area contributed by atoms with Crippen molar-refractivity contribution in [1.29, 1.82) is 0 Å². The van der Waals surface area contributed by atoms with Crippen molar-refractivity contribution in [3.63, 3.8) is 0 Å². The van der Waals surface area contributed by atoms with Crippen LogP contribution in [0.1, 0.15) is 48.0 Å². The van der Waals surface area contributed by atoms with Gasteiger partial charge in [0.15, 0.2) is 0 Å². The Hall–Kier alpha value is -0.200. The highest BCUT2D eigenvalue weighted by molar-refractivity contribution is 4.73. The molecule has 1 rings (SSSR count). The SMILES string of the molecule is CC.CC(C)(CN)OCCC(C)(C)OCCN1CCNCC1. The third kappa shape index (κ3) is 10.5. The molecule has 0 unspecified atom stereocenters. The van der Waals surface area contributed by atoms with Crippen LogP contribution in [-0.2, 0) is 9.47 Å². The van der Waals surface area contributed by atoms with Gasteiger partial charge in [-0.05, 0) is 34.1 Å². The van der Waals surface area contributed by atoms with E-state index in [4.69, 9.17) is 15.2 Å². The summed E-state index contributed by atoms with van der Waals surface area (Å²) in [6.07, 6.45) is 0.887. The first-order valence-electron chi connectivity index (χ1n) is 8.76. The smallest absolute Gasteiger partial charge is 0.0748 e. The zero-order valence-electron chi connectivity index (χ0n) is 15.7. The number of piperazine rings is 1. The Labute approximate surface area is 137 Å². The average Bonchev–Trinajstić information content (AvgIpc) is 2.50. The van der Waals surface area contributed by atoms with Crippen LogP contribution < -0.4 is 11.1 Å². The van der Waals surface area contributed by atoms with E-state index in [1.54, 1.807) is 0 Å². The Kier molecular flexibility index (Phi) is 11.3. The van der Waals surface area contributed by atoms with Gasteiger partial charge in [-0.25, -0.2) is 0 Å². The molecule has 1 aliphatic rings. The van der Waals surface area contributed by atoms with Crippen molar-refractivity contribution in [3.05, 3.63) is 0 Å². The highest BCUT2D eigenvalue weighted by atomic mass is 16.5. The van der Waals surface area contributed by atoms with Crippen LogP contribution in [0.2, 0.25) is 0 Å². The lowest BCUT2D eigenvalue weighted by Crippen LogP contribution is -2.45. The molecule has 1 aliphatic heterocycles. The van der Waals surface area contributed by atoms with E-state index in [0.29, 0.717) is 13.2 Å². The van der Waals surface area contributed by atoms with Gasteiger partial charge in [-0.1, -0.05) is 13.8 Å². The van der Waals surface area contributed by atoms with Gasteiger partial charge < -0.3 is 20.5 Å². The molecule has 0 saturated carbocycles. The standard InChI is InChI=1S/C15H33N3O2.C2H6/c1-14(2,5-11-19-15(3,4)13-16)20-12-10-18-8-6-17-7-9-18;1-2/h17H,5-13,16H2,1-4H3;1-2H3. The molecule has 0 aromatic carbocycles. The summed E-state index contributed by atoms with van der Waals surface area (Å²) in [5.41, 5.74) is 5.27. The minimum Gasteiger partial charge on any atom is -0.374 e. The molecule has 0 spiro atoms. The van der Waals surface area contributed by atoms with E-state index in [9.17, 15) is 0 Å². The fraction of sp³-hybridized carbons (Fsp3) is 1.00. The van der Waals surface area contributed by atoms with Crippen molar-refractivity contribution >= 4 is 0 Å². The second kappa shape index (κ2) is 11.4. The van der Waals surface area contributed by atoms with Crippen molar-refractivity contribution in [2.45, 2.75) is 59.2 Å². The van der Waals surface area contributed by atoms with Crippen LogP contribution >= 0.6 is 0 Å². The van der Waals surface area contributed by atoms with Gasteiger partial charge in [0.05, 0.1) is 24.4 Å². The monoisotopic (exact) mass is 317 g/mol. The van der Waals surface area contributed by atoms with E-state index in [1.165, 1.54) is 0 Å². The van der Waals surface area contributed by atoms with Crippen LogP contribution in [0.15, 0.2) is 0 Å². The number of nitrogens with zero attached hydrogens (tertiary/aromatic N) is 1. The number of nitrogens with one attached hydrogen (secondary N) is 1. The molecule has 5 heteroatoms. The largest absolute Gasteiger partial charge is 0.374 e. The van der Waals surface area contributed by atoms with Crippen LogP contribution in [0.3, 0.4) is 0 Å². The van der Waals surface area contributed by atoms with Crippen LogP contribution in [0.5, 0.6) is 0 Å².